The van der Waals surface area contributed by atoms with Crippen LogP contribution >= 0.6 is 0 Å². The number of hydrogen-bond acceptors (Lipinski definition) is 2. The molecule has 78 valence electrons. The van der Waals surface area contributed by atoms with E-state index in [9.17, 15) is 5.11 Å². The van der Waals surface area contributed by atoms with Crippen LogP contribution in [-0.2, 0) is 0 Å². The van der Waals surface area contributed by atoms with E-state index in [1.54, 1.807) is 0 Å². The van der Waals surface area contributed by atoms with Crippen molar-refractivity contribution in [3.63, 3.8) is 0 Å². The molecular formula is C11H23NO. The number of nitrogens with two attached hydrogens (primary N) is 1. The van der Waals surface area contributed by atoms with Gasteiger partial charge in [-0.2, -0.15) is 0 Å². The largest absolute Gasteiger partial charge is 0.393 e. The van der Waals surface area contributed by atoms with E-state index in [1.165, 1.54) is 32.1 Å². The highest BCUT2D eigenvalue weighted by molar-refractivity contribution is 4.78. The first-order chi connectivity index (χ1) is 6.22. The van der Waals surface area contributed by atoms with Crippen LogP contribution < -0.4 is 5.73 Å². The van der Waals surface area contributed by atoms with Gasteiger partial charge in [0.2, 0.25) is 0 Å². The van der Waals surface area contributed by atoms with Gasteiger partial charge in [0.15, 0.2) is 0 Å². The molecule has 2 heteroatoms. The van der Waals surface area contributed by atoms with Gasteiger partial charge < -0.3 is 10.8 Å². The zero-order valence-electron chi connectivity index (χ0n) is 8.71. The molecule has 0 saturated heterocycles. The van der Waals surface area contributed by atoms with Crippen LogP contribution in [0.4, 0.5) is 0 Å². The fourth-order valence-electron chi connectivity index (χ4n) is 2.32. The predicted octanol–water partition coefficient (Wildman–Crippen LogP) is 2.06. The molecule has 1 aliphatic carbocycles. The number of aliphatic hydroxyl groups is 1. The first-order valence-electron chi connectivity index (χ1n) is 5.65. The van der Waals surface area contributed by atoms with Crippen LogP contribution in [0.5, 0.6) is 0 Å². The molecule has 1 rings (SSSR count). The molecule has 3 N–H and O–H groups in total. The zero-order chi connectivity index (χ0) is 9.68. The lowest BCUT2D eigenvalue weighted by atomic mass is 9.88. The molecule has 0 aromatic heterocycles. The monoisotopic (exact) mass is 185 g/mol. The molecule has 0 aliphatic heterocycles. The Morgan fingerprint density at radius 2 is 1.62 bits per heavy atom. The Labute approximate surface area is 81.5 Å². The van der Waals surface area contributed by atoms with Gasteiger partial charge in [0.05, 0.1) is 6.10 Å². The standard InChI is InChI=1S/C11H23NO/c1-9(13)10-7-5-3-2-4-6-8-11(10)12/h9-11,13H,2-8,12H2,1H3. The summed E-state index contributed by atoms with van der Waals surface area (Å²) in [6, 6.07) is 0.220. The molecule has 2 nitrogen and oxygen atoms in total. The van der Waals surface area contributed by atoms with Gasteiger partial charge in [-0.3, -0.25) is 0 Å². The minimum Gasteiger partial charge on any atom is -0.393 e. The van der Waals surface area contributed by atoms with E-state index >= 15 is 0 Å². The zero-order valence-corrected chi connectivity index (χ0v) is 8.71. The fourth-order valence-corrected chi connectivity index (χ4v) is 2.32. The summed E-state index contributed by atoms with van der Waals surface area (Å²) in [4.78, 5) is 0. The number of aliphatic hydroxyl groups excluding tert-OH is 1. The maximum atomic E-state index is 9.58. The van der Waals surface area contributed by atoms with Crippen LogP contribution in [-0.4, -0.2) is 17.3 Å². The molecule has 0 amide bonds. The van der Waals surface area contributed by atoms with Crippen LogP contribution in [0.1, 0.15) is 51.9 Å². The van der Waals surface area contributed by atoms with E-state index < -0.39 is 0 Å². The summed E-state index contributed by atoms with van der Waals surface area (Å²) in [5, 5.41) is 9.58. The topological polar surface area (TPSA) is 46.2 Å². The minimum atomic E-state index is -0.229. The average molecular weight is 185 g/mol. The molecular weight excluding hydrogens is 162 g/mol. The second-order valence-electron chi connectivity index (χ2n) is 4.41. The Kier molecular flexibility index (Phi) is 4.74. The highest BCUT2D eigenvalue weighted by atomic mass is 16.3. The summed E-state index contributed by atoms with van der Waals surface area (Å²) in [6.45, 7) is 1.88. The first-order valence-corrected chi connectivity index (χ1v) is 5.65. The van der Waals surface area contributed by atoms with Crippen LogP contribution in [0, 0.1) is 5.92 Å². The molecule has 3 unspecified atom stereocenters. The third-order valence-corrected chi connectivity index (χ3v) is 3.24. The number of rotatable bonds is 1. The molecule has 0 bridgehead atoms. The fraction of sp³-hybridized carbons (Fsp3) is 1.00. The summed E-state index contributed by atoms with van der Waals surface area (Å²) in [5.41, 5.74) is 6.06. The maximum absolute atomic E-state index is 9.58. The van der Waals surface area contributed by atoms with Crippen molar-refractivity contribution in [1.29, 1.82) is 0 Å². The van der Waals surface area contributed by atoms with Gasteiger partial charge >= 0.3 is 0 Å². The summed E-state index contributed by atoms with van der Waals surface area (Å²) in [6.07, 6.45) is 8.44. The third kappa shape index (κ3) is 3.65. The van der Waals surface area contributed by atoms with Crippen LogP contribution in [0.15, 0.2) is 0 Å². The van der Waals surface area contributed by atoms with Crippen LogP contribution in [0.25, 0.3) is 0 Å². The van der Waals surface area contributed by atoms with Gasteiger partial charge in [-0.1, -0.05) is 32.1 Å². The van der Waals surface area contributed by atoms with Gasteiger partial charge in [0.1, 0.15) is 0 Å². The smallest absolute Gasteiger partial charge is 0.0555 e. The summed E-state index contributed by atoms with van der Waals surface area (Å²) < 4.78 is 0. The molecule has 1 fully saturated rings. The summed E-state index contributed by atoms with van der Waals surface area (Å²) in [5.74, 6) is 0.332. The molecule has 1 saturated carbocycles. The minimum absolute atomic E-state index is 0.220. The highest BCUT2D eigenvalue weighted by Crippen LogP contribution is 2.23. The molecule has 0 aromatic rings. The van der Waals surface area contributed by atoms with Crippen LogP contribution in [0.3, 0.4) is 0 Å². The second kappa shape index (κ2) is 5.61. The van der Waals surface area contributed by atoms with E-state index in [0.717, 1.165) is 12.8 Å². The van der Waals surface area contributed by atoms with Crippen molar-refractivity contribution >= 4 is 0 Å². The van der Waals surface area contributed by atoms with E-state index in [1.807, 2.05) is 6.92 Å². The van der Waals surface area contributed by atoms with E-state index in [-0.39, 0.29) is 12.1 Å². The maximum Gasteiger partial charge on any atom is 0.0555 e. The van der Waals surface area contributed by atoms with Crippen molar-refractivity contribution in [2.75, 3.05) is 0 Å². The van der Waals surface area contributed by atoms with Crippen molar-refractivity contribution in [1.82, 2.24) is 0 Å². The van der Waals surface area contributed by atoms with Crippen molar-refractivity contribution in [3.05, 3.63) is 0 Å². The number of hydrogen-bond donors (Lipinski definition) is 2. The lowest BCUT2D eigenvalue weighted by Gasteiger charge is -2.25. The Bertz CT molecular complexity index is 136. The van der Waals surface area contributed by atoms with Crippen molar-refractivity contribution < 1.29 is 5.11 Å². The Balaban J connectivity index is 2.45. The van der Waals surface area contributed by atoms with Crippen molar-refractivity contribution in [2.24, 2.45) is 11.7 Å². The Hall–Kier alpha value is -0.0800. The Morgan fingerprint density at radius 1 is 1.08 bits per heavy atom. The molecule has 13 heavy (non-hydrogen) atoms. The van der Waals surface area contributed by atoms with Gasteiger partial charge in [-0.25, -0.2) is 0 Å². The predicted molar refractivity (Wildman–Crippen MR) is 55.5 cm³/mol. The van der Waals surface area contributed by atoms with E-state index in [2.05, 4.69) is 0 Å². The second-order valence-corrected chi connectivity index (χ2v) is 4.41. The molecule has 1 aliphatic rings. The summed E-state index contributed by atoms with van der Waals surface area (Å²) in [7, 11) is 0. The quantitative estimate of drug-likeness (QED) is 0.657. The van der Waals surface area contributed by atoms with Gasteiger partial charge in [0.25, 0.3) is 0 Å². The first kappa shape index (κ1) is 11.0. The van der Waals surface area contributed by atoms with E-state index in [4.69, 9.17) is 5.73 Å². The van der Waals surface area contributed by atoms with Crippen molar-refractivity contribution in [2.45, 2.75) is 64.0 Å². The van der Waals surface area contributed by atoms with Crippen molar-refractivity contribution in [3.8, 4) is 0 Å². The van der Waals surface area contributed by atoms with E-state index in [0.29, 0.717) is 5.92 Å². The SMILES string of the molecule is CC(O)C1CCCCCCCC1N. The molecule has 0 aromatic carbocycles. The van der Waals surface area contributed by atoms with Gasteiger partial charge in [-0.05, 0) is 25.7 Å². The molecule has 0 heterocycles. The Morgan fingerprint density at radius 3 is 2.23 bits per heavy atom. The third-order valence-electron chi connectivity index (χ3n) is 3.24. The average Bonchev–Trinajstić information content (AvgIpc) is 2.16. The summed E-state index contributed by atoms with van der Waals surface area (Å²) >= 11 is 0. The van der Waals surface area contributed by atoms with Gasteiger partial charge in [-0.15, -0.1) is 0 Å². The lowest BCUT2D eigenvalue weighted by molar-refractivity contribution is 0.100. The molecule has 3 atom stereocenters. The molecule has 0 spiro atoms. The van der Waals surface area contributed by atoms with Crippen LogP contribution in [0.2, 0.25) is 0 Å². The molecule has 0 radical (unpaired) electrons. The normalized spacial score (nSPS) is 34.4. The van der Waals surface area contributed by atoms with Gasteiger partial charge in [0, 0.05) is 6.04 Å². The lowest BCUT2D eigenvalue weighted by Crippen LogP contribution is -2.36. The highest BCUT2D eigenvalue weighted by Gasteiger charge is 2.22.